The highest BCUT2D eigenvalue weighted by Gasteiger charge is 2.75. The number of rotatable bonds is 8. The zero-order valence-corrected chi connectivity index (χ0v) is 26.5. The summed E-state index contributed by atoms with van der Waals surface area (Å²) in [5, 5.41) is 11.1. The molecule has 2 aromatic carbocycles. The SMILES string of the molecule is CC(=O)O[C@@]12CC[C@H](N(CC(C)C)C(=O)C=Cc3ccc(C(F)(F)F)cc3)[C@@H]3Oc4c(O)ccc5c4[C@@]31CCN(CC1CC1)[C@@H]2C5. The van der Waals surface area contributed by atoms with Crippen LogP contribution in [0.25, 0.3) is 6.08 Å². The van der Waals surface area contributed by atoms with E-state index in [-0.39, 0.29) is 35.6 Å². The molecule has 2 aliphatic heterocycles. The molecule has 3 aliphatic carbocycles. The molecule has 5 atom stereocenters. The maximum Gasteiger partial charge on any atom is 0.416 e. The Kier molecular flexibility index (Phi) is 7.45. The number of amides is 1. The van der Waals surface area contributed by atoms with Crippen molar-refractivity contribution in [3.63, 3.8) is 0 Å². The highest BCUT2D eigenvalue weighted by atomic mass is 19.4. The van der Waals surface area contributed by atoms with E-state index in [0.29, 0.717) is 49.5 Å². The molecule has 2 heterocycles. The number of carbonyl (C=O) groups is 2. The van der Waals surface area contributed by atoms with Gasteiger partial charge in [-0.2, -0.15) is 13.2 Å². The third-order valence-electron chi connectivity index (χ3n) is 10.9. The van der Waals surface area contributed by atoms with E-state index in [1.807, 2.05) is 24.8 Å². The highest BCUT2D eigenvalue weighted by molar-refractivity contribution is 5.92. The Morgan fingerprint density at radius 1 is 1.13 bits per heavy atom. The minimum atomic E-state index is -4.44. The summed E-state index contributed by atoms with van der Waals surface area (Å²) in [5.74, 6) is 0.633. The van der Waals surface area contributed by atoms with Gasteiger partial charge in [-0.1, -0.05) is 32.0 Å². The van der Waals surface area contributed by atoms with Gasteiger partial charge in [0, 0.05) is 31.7 Å². The number of phenols is 1. The largest absolute Gasteiger partial charge is 0.504 e. The smallest absolute Gasteiger partial charge is 0.416 e. The Labute approximate surface area is 267 Å². The lowest BCUT2D eigenvalue weighted by Gasteiger charge is -2.65. The van der Waals surface area contributed by atoms with Crippen molar-refractivity contribution in [3.05, 3.63) is 64.7 Å². The molecule has 1 saturated heterocycles. The Hall–Kier alpha value is -3.53. The maximum absolute atomic E-state index is 14.0. The molecule has 2 bridgehead atoms. The number of phenolic OH excluding ortho intramolecular Hbond substituents is 1. The standard InChI is InChI=1S/C36H41F3N2O5/c1-21(2)19-41(30(44)13-8-23-6-10-26(11-7-23)36(37,38)39)27-14-15-35(46-22(3)42)29-18-25-9-12-28(43)32-31(25)34(35,33(27)45-32)16-17-40(29)20-24-4-5-24/h6-13,21,24,27,29,33,43H,4-5,14-20H2,1-3H3/t27-,29+,33-,34-,35+/m0/s1. The first-order valence-corrected chi connectivity index (χ1v) is 16.5. The van der Waals surface area contributed by atoms with Crippen molar-refractivity contribution in [3.8, 4) is 11.5 Å². The van der Waals surface area contributed by atoms with Gasteiger partial charge in [-0.25, -0.2) is 0 Å². The van der Waals surface area contributed by atoms with Crippen molar-refractivity contribution in [2.75, 3.05) is 19.6 Å². The monoisotopic (exact) mass is 638 g/mol. The molecule has 246 valence electrons. The number of piperidine rings is 1. The van der Waals surface area contributed by atoms with Crippen LogP contribution >= 0.6 is 0 Å². The molecule has 10 heteroatoms. The molecule has 1 N–H and O–H groups in total. The van der Waals surface area contributed by atoms with Crippen LogP contribution < -0.4 is 4.74 Å². The number of hydrogen-bond donors (Lipinski definition) is 1. The third kappa shape index (κ3) is 4.90. The van der Waals surface area contributed by atoms with E-state index in [0.717, 1.165) is 36.3 Å². The summed E-state index contributed by atoms with van der Waals surface area (Å²) in [6, 6.07) is 7.94. The van der Waals surface area contributed by atoms with E-state index < -0.39 is 28.9 Å². The summed E-state index contributed by atoms with van der Waals surface area (Å²) in [7, 11) is 0. The Bertz CT molecular complexity index is 1570. The molecule has 0 unspecified atom stereocenters. The van der Waals surface area contributed by atoms with Crippen molar-refractivity contribution >= 4 is 18.0 Å². The first-order chi connectivity index (χ1) is 21.8. The lowest BCUT2D eigenvalue weighted by Crippen LogP contribution is -2.79. The second kappa shape index (κ2) is 11.0. The molecule has 7 rings (SSSR count). The van der Waals surface area contributed by atoms with E-state index in [1.165, 1.54) is 38.0 Å². The normalized spacial score (nSPS) is 29.8. The van der Waals surface area contributed by atoms with Gasteiger partial charge in [0.15, 0.2) is 11.5 Å². The number of likely N-dealkylation sites (tertiary alicyclic amines) is 1. The summed E-state index contributed by atoms with van der Waals surface area (Å²) >= 11 is 0. The number of benzene rings is 2. The maximum atomic E-state index is 14.0. The Morgan fingerprint density at radius 3 is 2.52 bits per heavy atom. The molecule has 0 aromatic heterocycles. The number of nitrogens with zero attached hydrogens (tertiary/aromatic N) is 2. The fourth-order valence-electron chi connectivity index (χ4n) is 9.04. The van der Waals surface area contributed by atoms with E-state index in [1.54, 1.807) is 12.1 Å². The highest BCUT2D eigenvalue weighted by Crippen LogP contribution is 2.67. The lowest BCUT2D eigenvalue weighted by atomic mass is 9.48. The number of esters is 1. The average Bonchev–Trinajstić information content (AvgIpc) is 3.74. The predicted octanol–water partition coefficient (Wildman–Crippen LogP) is 6.11. The Morgan fingerprint density at radius 2 is 1.87 bits per heavy atom. The van der Waals surface area contributed by atoms with Crippen molar-refractivity contribution < 1.29 is 37.3 Å². The van der Waals surface area contributed by atoms with Crippen LogP contribution in [-0.2, 0) is 32.3 Å². The van der Waals surface area contributed by atoms with Crippen molar-refractivity contribution in [1.82, 2.24) is 9.80 Å². The number of aromatic hydroxyl groups is 1. The van der Waals surface area contributed by atoms with Crippen molar-refractivity contribution in [2.45, 2.75) is 94.7 Å². The predicted molar refractivity (Wildman–Crippen MR) is 165 cm³/mol. The van der Waals surface area contributed by atoms with Crippen LogP contribution in [0.15, 0.2) is 42.5 Å². The number of hydrogen-bond acceptors (Lipinski definition) is 6. The van der Waals surface area contributed by atoms with Gasteiger partial charge >= 0.3 is 12.1 Å². The van der Waals surface area contributed by atoms with E-state index >= 15 is 0 Å². The molecule has 1 amide bonds. The molecule has 2 aromatic rings. The summed E-state index contributed by atoms with van der Waals surface area (Å²) in [4.78, 5) is 31.3. The van der Waals surface area contributed by atoms with Crippen LogP contribution in [0.5, 0.6) is 11.5 Å². The topological polar surface area (TPSA) is 79.3 Å². The Balaban J connectivity index is 1.28. The summed E-state index contributed by atoms with van der Waals surface area (Å²) in [6.07, 6.45) is 2.82. The zero-order valence-electron chi connectivity index (χ0n) is 26.5. The van der Waals surface area contributed by atoms with Gasteiger partial charge in [0.25, 0.3) is 0 Å². The molecule has 3 fully saturated rings. The van der Waals surface area contributed by atoms with E-state index in [4.69, 9.17) is 9.47 Å². The fraction of sp³-hybridized carbons (Fsp3) is 0.556. The van der Waals surface area contributed by atoms with Gasteiger partial charge in [-0.05, 0) is 92.3 Å². The molecule has 1 spiro atoms. The van der Waals surface area contributed by atoms with Gasteiger partial charge in [0.1, 0.15) is 11.7 Å². The second-order valence-electron chi connectivity index (χ2n) is 14.3. The van der Waals surface area contributed by atoms with Crippen LogP contribution in [0.2, 0.25) is 0 Å². The van der Waals surface area contributed by atoms with Gasteiger partial charge in [-0.15, -0.1) is 0 Å². The summed E-state index contributed by atoms with van der Waals surface area (Å²) < 4.78 is 52.6. The van der Waals surface area contributed by atoms with Crippen LogP contribution in [0.4, 0.5) is 13.2 Å². The molecule has 2 saturated carbocycles. The van der Waals surface area contributed by atoms with Crippen molar-refractivity contribution in [2.24, 2.45) is 11.8 Å². The first kappa shape index (κ1) is 31.1. The van der Waals surface area contributed by atoms with E-state index in [9.17, 15) is 27.9 Å². The lowest BCUT2D eigenvalue weighted by molar-refractivity contribution is -0.224. The number of carbonyl (C=O) groups excluding carboxylic acids is 2. The molecule has 0 radical (unpaired) electrons. The molecule has 7 nitrogen and oxygen atoms in total. The molecule has 46 heavy (non-hydrogen) atoms. The van der Waals surface area contributed by atoms with Gasteiger partial charge in [0.2, 0.25) is 5.91 Å². The van der Waals surface area contributed by atoms with Gasteiger partial charge in [-0.3, -0.25) is 14.5 Å². The van der Waals surface area contributed by atoms with Gasteiger partial charge < -0.3 is 19.5 Å². The van der Waals surface area contributed by atoms with Crippen LogP contribution in [0.3, 0.4) is 0 Å². The number of ether oxygens (including phenoxy) is 2. The molecule has 5 aliphatic rings. The second-order valence-corrected chi connectivity index (χ2v) is 14.3. The number of alkyl halides is 3. The van der Waals surface area contributed by atoms with E-state index in [2.05, 4.69) is 4.90 Å². The quantitative estimate of drug-likeness (QED) is 0.278. The van der Waals surface area contributed by atoms with Crippen molar-refractivity contribution in [1.29, 1.82) is 0 Å². The van der Waals surface area contributed by atoms with Crippen LogP contribution in [0, 0.1) is 11.8 Å². The number of halogens is 3. The minimum Gasteiger partial charge on any atom is -0.504 e. The first-order valence-electron chi connectivity index (χ1n) is 16.5. The van der Waals surface area contributed by atoms with Gasteiger partial charge in [0.05, 0.1) is 23.1 Å². The molecular formula is C36H41F3N2O5. The summed E-state index contributed by atoms with van der Waals surface area (Å²) in [5.41, 5.74) is 0.127. The zero-order chi connectivity index (χ0) is 32.6. The summed E-state index contributed by atoms with van der Waals surface area (Å²) in [6.45, 7) is 7.73. The minimum absolute atomic E-state index is 0.0424. The molecular weight excluding hydrogens is 597 g/mol. The van der Waals surface area contributed by atoms with Crippen LogP contribution in [0.1, 0.15) is 75.1 Å². The third-order valence-corrected chi connectivity index (χ3v) is 10.9. The van der Waals surface area contributed by atoms with Crippen LogP contribution in [-0.4, -0.2) is 70.2 Å². The average molecular weight is 639 g/mol. The fourth-order valence-corrected chi connectivity index (χ4v) is 9.04.